The van der Waals surface area contributed by atoms with Gasteiger partial charge in [0.05, 0.1) is 0 Å². The van der Waals surface area contributed by atoms with E-state index >= 15 is 0 Å². The second-order valence-corrected chi connectivity index (χ2v) is 5.60. The van der Waals surface area contributed by atoms with Crippen molar-refractivity contribution < 1.29 is 9.18 Å². The van der Waals surface area contributed by atoms with Crippen molar-refractivity contribution in [1.29, 1.82) is 0 Å². The van der Waals surface area contributed by atoms with Crippen molar-refractivity contribution in [1.82, 2.24) is 10.2 Å². The lowest BCUT2D eigenvalue weighted by molar-refractivity contribution is 0.102. The average Bonchev–Trinajstić information content (AvgIpc) is 2.63. The van der Waals surface area contributed by atoms with Gasteiger partial charge in [-0.05, 0) is 48.9 Å². The zero-order chi connectivity index (χ0) is 17.6. The van der Waals surface area contributed by atoms with Crippen LogP contribution in [0.3, 0.4) is 0 Å². The van der Waals surface area contributed by atoms with Crippen LogP contribution >= 0.6 is 0 Å². The van der Waals surface area contributed by atoms with Crippen LogP contribution in [0.15, 0.2) is 60.7 Å². The van der Waals surface area contributed by atoms with Crippen molar-refractivity contribution in [3.8, 4) is 0 Å². The molecule has 2 aromatic carbocycles. The van der Waals surface area contributed by atoms with E-state index in [2.05, 4.69) is 20.8 Å². The number of hydrogen-bond donors (Lipinski definition) is 2. The number of aromatic nitrogens is 2. The van der Waals surface area contributed by atoms with E-state index < -0.39 is 5.91 Å². The Hall–Kier alpha value is -3.28. The van der Waals surface area contributed by atoms with Crippen molar-refractivity contribution in [2.45, 2.75) is 13.5 Å². The molecule has 3 rings (SSSR count). The molecule has 0 aliphatic carbocycles. The molecule has 0 saturated carbocycles. The highest BCUT2D eigenvalue weighted by Gasteiger charge is 2.08. The predicted octanol–water partition coefficient (Wildman–Crippen LogP) is 3.79. The number of halogens is 1. The first-order valence-corrected chi connectivity index (χ1v) is 7.80. The molecule has 0 aliphatic heterocycles. The number of rotatable bonds is 5. The van der Waals surface area contributed by atoms with Crippen molar-refractivity contribution in [2.24, 2.45) is 0 Å². The second kappa shape index (κ2) is 7.53. The lowest BCUT2D eigenvalue weighted by Gasteiger charge is -2.07. The fourth-order valence-electron chi connectivity index (χ4n) is 2.17. The van der Waals surface area contributed by atoms with E-state index in [0.29, 0.717) is 18.1 Å². The van der Waals surface area contributed by atoms with Gasteiger partial charge in [-0.25, -0.2) is 4.39 Å². The Kier molecular flexibility index (Phi) is 4.99. The minimum absolute atomic E-state index is 0.185. The number of carbonyl (C=O) groups excluding carboxylic acids is 1. The molecule has 2 N–H and O–H groups in total. The number of nitrogens with zero attached hydrogens (tertiary/aromatic N) is 2. The van der Waals surface area contributed by atoms with Gasteiger partial charge in [0, 0.05) is 12.2 Å². The fraction of sp³-hybridized carbons (Fsp3) is 0.105. The Morgan fingerprint density at radius 2 is 1.68 bits per heavy atom. The van der Waals surface area contributed by atoms with Crippen LogP contribution in [-0.2, 0) is 6.54 Å². The summed E-state index contributed by atoms with van der Waals surface area (Å²) >= 11 is 0. The largest absolute Gasteiger partial charge is 0.365 e. The lowest BCUT2D eigenvalue weighted by Crippen LogP contribution is -2.14. The van der Waals surface area contributed by atoms with Gasteiger partial charge in [-0.3, -0.25) is 4.79 Å². The third-order valence-corrected chi connectivity index (χ3v) is 3.59. The van der Waals surface area contributed by atoms with Crippen molar-refractivity contribution in [2.75, 3.05) is 10.6 Å². The minimum Gasteiger partial charge on any atom is -0.365 e. The van der Waals surface area contributed by atoms with Gasteiger partial charge in [-0.2, -0.15) is 0 Å². The summed E-state index contributed by atoms with van der Waals surface area (Å²) in [5.74, 6) is -0.176. The molecule has 0 aliphatic rings. The summed E-state index contributed by atoms with van der Waals surface area (Å²) in [6.07, 6.45) is 0. The molecule has 1 heterocycles. The smallest absolute Gasteiger partial charge is 0.276 e. The molecule has 0 atom stereocenters. The number of carbonyl (C=O) groups is 1. The zero-order valence-electron chi connectivity index (χ0n) is 13.7. The molecule has 25 heavy (non-hydrogen) atoms. The molecular weight excluding hydrogens is 319 g/mol. The summed E-state index contributed by atoms with van der Waals surface area (Å²) in [4.78, 5) is 12.1. The average molecular weight is 336 g/mol. The number of aryl methyl sites for hydroxylation is 1. The molecule has 1 aromatic heterocycles. The monoisotopic (exact) mass is 336 g/mol. The van der Waals surface area contributed by atoms with Gasteiger partial charge in [0.2, 0.25) is 0 Å². The van der Waals surface area contributed by atoms with Gasteiger partial charge < -0.3 is 10.6 Å². The molecule has 1 amide bonds. The third kappa shape index (κ3) is 4.60. The van der Waals surface area contributed by atoms with Gasteiger partial charge in [0.25, 0.3) is 5.91 Å². The molecule has 0 fully saturated rings. The summed E-state index contributed by atoms with van der Waals surface area (Å²) in [6, 6.07) is 17.0. The van der Waals surface area contributed by atoms with Crippen LogP contribution in [0.5, 0.6) is 0 Å². The Morgan fingerprint density at radius 1 is 0.960 bits per heavy atom. The van der Waals surface area contributed by atoms with Crippen LogP contribution in [0, 0.1) is 12.7 Å². The third-order valence-electron chi connectivity index (χ3n) is 3.59. The van der Waals surface area contributed by atoms with Crippen LogP contribution in [0.25, 0.3) is 0 Å². The maximum atomic E-state index is 12.9. The van der Waals surface area contributed by atoms with E-state index in [-0.39, 0.29) is 11.5 Å². The summed E-state index contributed by atoms with van der Waals surface area (Å²) in [5, 5.41) is 13.7. The second-order valence-electron chi connectivity index (χ2n) is 5.60. The summed E-state index contributed by atoms with van der Waals surface area (Å²) < 4.78 is 12.9. The molecule has 0 saturated heterocycles. The first-order chi connectivity index (χ1) is 12.1. The van der Waals surface area contributed by atoms with Gasteiger partial charge in [0.1, 0.15) is 11.6 Å². The van der Waals surface area contributed by atoms with E-state index in [4.69, 9.17) is 0 Å². The highest BCUT2D eigenvalue weighted by atomic mass is 19.1. The molecule has 0 spiro atoms. The first-order valence-electron chi connectivity index (χ1n) is 7.80. The Morgan fingerprint density at radius 3 is 2.32 bits per heavy atom. The molecule has 0 unspecified atom stereocenters. The highest BCUT2D eigenvalue weighted by molar-refractivity contribution is 6.02. The van der Waals surface area contributed by atoms with Gasteiger partial charge in [-0.1, -0.05) is 29.8 Å². The van der Waals surface area contributed by atoms with Crippen LogP contribution in [0.1, 0.15) is 21.6 Å². The predicted molar refractivity (Wildman–Crippen MR) is 94.9 cm³/mol. The van der Waals surface area contributed by atoms with E-state index in [0.717, 1.165) is 5.56 Å². The fourth-order valence-corrected chi connectivity index (χ4v) is 2.17. The summed E-state index contributed by atoms with van der Waals surface area (Å²) in [6.45, 7) is 2.66. The van der Waals surface area contributed by atoms with Crippen LogP contribution in [-0.4, -0.2) is 16.1 Å². The summed E-state index contributed by atoms with van der Waals surface area (Å²) in [7, 11) is 0. The lowest BCUT2D eigenvalue weighted by atomic mass is 10.1. The number of benzene rings is 2. The SMILES string of the molecule is Cc1ccc(CNc2ccc(C(=O)Nc3ccc(F)cc3)nn2)cc1. The molecule has 126 valence electrons. The Labute approximate surface area is 144 Å². The van der Waals surface area contributed by atoms with Gasteiger partial charge in [-0.15, -0.1) is 10.2 Å². The molecule has 3 aromatic rings. The maximum absolute atomic E-state index is 12.9. The van der Waals surface area contributed by atoms with E-state index in [1.165, 1.54) is 29.8 Å². The highest BCUT2D eigenvalue weighted by Crippen LogP contribution is 2.11. The molecular formula is C19H17FN4O. The Bertz CT molecular complexity index is 846. The van der Waals surface area contributed by atoms with E-state index in [1.807, 2.05) is 31.2 Å². The first kappa shape index (κ1) is 16.6. The standard InChI is InChI=1S/C19H17FN4O/c1-13-2-4-14(5-3-13)12-21-18-11-10-17(23-24-18)19(25)22-16-8-6-15(20)7-9-16/h2-11H,12H2,1H3,(H,21,24)(H,22,25). The Balaban J connectivity index is 1.58. The maximum Gasteiger partial charge on any atom is 0.276 e. The topological polar surface area (TPSA) is 66.9 Å². The number of amides is 1. The van der Waals surface area contributed by atoms with Gasteiger partial charge >= 0.3 is 0 Å². The van der Waals surface area contributed by atoms with Crippen molar-refractivity contribution in [3.63, 3.8) is 0 Å². The van der Waals surface area contributed by atoms with E-state index in [9.17, 15) is 9.18 Å². The molecule has 5 nitrogen and oxygen atoms in total. The number of anilines is 2. The van der Waals surface area contributed by atoms with Crippen molar-refractivity contribution >= 4 is 17.4 Å². The molecule has 0 radical (unpaired) electrons. The van der Waals surface area contributed by atoms with E-state index in [1.54, 1.807) is 12.1 Å². The quantitative estimate of drug-likeness (QED) is 0.744. The minimum atomic E-state index is -0.399. The van der Waals surface area contributed by atoms with Crippen LogP contribution in [0.2, 0.25) is 0 Å². The normalized spacial score (nSPS) is 10.3. The zero-order valence-corrected chi connectivity index (χ0v) is 13.7. The number of hydrogen-bond acceptors (Lipinski definition) is 4. The van der Waals surface area contributed by atoms with Gasteiger partial charge in [0.15, 0.2) is 5.69 Å². The summed E-state index contributed by atoms with van der Waals surface area (Å²) in [5.41, 5.74) is 3.02. The van der Waals surface area contributed by atoms with Crippen LogP contribution < -0.4 is 10.6 Å². The number of nitrogens with one attached hydrogen (secondary N) is 2. The van der Waals surface area contributed by atoms with Crippen LogP contribution in [0.4, 0.5) is 15.9 Å². The van der Waals surface area contributed by atoms with Crippen molar-refractivity contribution in [3.05, 3.63) is 83.3 Å². The molecule has 0 bridgehead atoms. The molecule has 6 heteroatoms.